The molecule has 0 aliphatic heterocycles. The molecular weight excluding hydrogens is 262 g/mol. The molecule has 0 aliphatic carbocycles. The van der Waals surface area contributed by atoms with Crippen LogP contribution in [0.4, 0.5) is 0 Å². The van der Waals surface area contributed by atoms with E-state index in [-0.39, 0.29) is 0 Å². The summed E-state index contributed by atoms with van der Waals surface area (Å²) in [5.41, 5.74) is 5.32. The SMILES string of the molecule is N[C@@H](CCOc1ccc(Br)cc1)C(=O)O. The number of rotatable bonds is 5. The van der Waals surface area contributed by atoms with Gasteiger partial charge in [-0.2, -0.15) is 0 Å². The number of carboxylic acid groups (broad SMARTS) is 1. The largest absolute Gasteiger partial charge is 0.494 e. The third-order valence-electron chi connectivity index (χ3n) is 1.83. The second-order valence-corrected chi connectivity index (χ2v) is 3.95. The highest BCUT2D eigenvalue weighted by atomic mass is 79.9. The fourth-order valence-electron chi connectivity index (χ4n) is 0.958. The zero-order chi connectivity index (χ0) is 11.3. The van der Waals surface area contributed by atoms with Crippen LogP contribution in [-0.4, -0.2) is 23.7 Å². The van der Waals surface area contributed by atoms with Crippen molar-refractivity contribution in [2.45, 2.75) is 12.5 Å². The van der Waals surface area contributed by atoms with E-state index in [9.17, 15) is 4.79 Å². The quantitative estimate of drug-likeness (QED) is 0.856. The molecule has 0 aromatic heterocycles. The van der Waals surface area contributed by atoms with Crippen LogP contribution in [0.25, 0.3) is 0 Å². The smallest absolute Gasteiger partial charge is 0.320 e. The van der Waals surface area contributed by atoms with Gasteiger partial charge in [-0.25, -0.2) is 0 Å². The number of ether oxygens (including phenoxy) is 1. The minimum absolute atomic E-state index is 0.297. The maximum Gasteiger partial charge on any atom is 0.320 e. The monoisotopic (exact) mass is 273 g/mol. The van der Waals surface area contributed by atoms with Crippen LogP contribution >= 0.6 is 15.9 Å². The van der Waals surface area contributed by atoms with Gasteiger partial charge in [-0.05, 0) is 24.3 Å². The van der Waals surface area contributed by atoms with Gasteiger partial charge in [0.2, 0.25) is 0 Å². The Bertz CT molecular complexity index is 326. The second-order valence-electron chi connectivity index (χ2n) is 3.04. The molecular formula is C10H12BrNO3. The molecule has 0 bridgehead atoms. The van der Waals surface area contributed by atoms with E-state index < -0.39 is 12.0 Å². The number of carboxylic acids is 1. The molecule has 15 heavy (non-hydrogen) atoms. The van der Waals surface area contributed by atoms with Gasteiger partial charge in [0, 0.05) is 10.9 Å². The summed E-state index contributed by atoms with van der Waals surface area (Å²) < 4.78 is 6.29. The highest BCUT2D eigenvalue weighted by molar-refractivity contribution is 9.10. The van der Waals surface area contributed by atoms with E-state index >= 15 is 0 Å². The third-order valence-corrected chi connectivity index (χ3v) is 2.36. The van der Waals surface area contributed by atoms with Gasteiger partial charge in [0.15, 0.2) is 0 Å². The van der Waals surface area contributed by atoms with Gasteiger partial charge in [-0.15, -0.1) is 0 Å². The summed E-state index contributed by atoms with van der Waals surface area (Å²) in [5, 5.41) is 8.53. The van der Waals surface area contributed by atoms with E-state index in [1.54, 1.807) is 12.1 Å². The minimum Gasteiger partial charge on any atom is -0.494 e. The van der Waals surface area contributed by atoms with Crippen molar-refractivity contribution < 1.29 is 14.6 Å². The zero-order valence-electron chi connectivity index (χ0n) is 8.02. The predicted molar refractivity (Wildman–Crippen MR) is 59.9 cm³/mol. The molecule has 0 unspecified atom stereocenters. The summed E-state index contributed by atoms with van der Waals surface area (Å²) in [6, 6.07) is 6.45. The number of carbonyl (C=O) groups is 1. The van der Waals surface area contributed by atoms with Crippen molar-refractivity contribution in [1.82, 2.24) is 0 Å². The van der Waals surface area contributed by atoms with Gasteiger partial charge in [-0.1, -0.05) is 15.9 Å². The maximum atomic E-state index is 10.4. The van der Waals surface area contributed by atoms with Crippen LogP contribution in [0.3, 0.4) is 0 Å². The van der Waals surface area contributed by atoms with Crippen LogP contribution in [0.2, 0.25) is 0 Å². The van der Waals surface area contributed by atoms with E-state index in [0.29, 0.717) is 18.8 Å². The standard InChI is InChI=1S/C10H12BrNO3/c11-7-1-3-8(4-2-7)15-6-5-9(12)10(13)14/h1-4,9H,5-6,12H2,(H,13,14)/t9-/m0/s1. The zero-order valence-corrected chi connectivity index (χ0v) is 9.61. The lowest BCUT2D eigenvalue weighted by molar-refractivity contribution is -0.138. The number of halogens is 1. The fourth-order valence-corrected chi connectivity index (χ4v) is 1.22. The molecule has 1 atom stereocenters. The Labute approximate surface area is 96.2 Å². The fraction of sp³-hybridized carbons (Fsp3) is 0.300. The molecule has 0 amide bonds. The van der Waals surface area contributed by atoms with Crippen molar-refractivity contribution in [2.24, 2.45) is 5.73 Å². The van der Waals surface area contributed by atoms with E-state index in [1.807, 2.05) is 12.1 Å². The van der Waals surface area contributed by atoms with Gasteiger partial charge < -0.3 is 15.6 Å². The summed E-state index contributed by atoms with van der Waals surface area (Å²) in [7, 11) is 0. The minimum atomic E-state index is -1.01. The molecule has 0 fully saturated rings. The predicted octanol–water partition coefficient (Wildman–Crippen LogP) is 1.63. The van der Waals surface area contributed by atoms with Crippen molar-refractivity contribution >= 4 is 21.9 Å². The number of aliphatic carboxylic acids is 1. The first-order valence-electron chi connectivity index (χ1n) is 4.46. The molecule has 82 valence electrons. The molecule has 0 saturated heterocycles. The molecule has 0 heterocycles. The van der Waals surface area contributed by atoms with Crippen LogP contribution in [0.5, 0.6) is 5.75 Å². The van der Waals surface area contributed by atoms with Gasteiger partial charge in [0.1, 0.15) is 11.8 Å². The first-order chi connectivity index (χ1) is 7.09. The van der Waals surface area contributed by atoms with Gasteiger partial charge in [-0.3, -0.25) is 4.79 Å². The van der Waals surface area contributed by atoms with E-state index in [2.05, 4.69) is 15.9 Å². The summed E-state index contributed by atoms with van der Waals surface area (Å²) in [6.07, 6.45) is 0.297. The molecule has 0 spiro atoms. The van der Waals surface area contributed by atoms with Gasteiger partial charge in [0.25, 0.3) is 0 Å². The van der Waals surface area contributed by atoms with Crippen LogP contribution in [0, 0.1) is 0 Å². The van der Waals surface area contributed by atoms with Crippen molar-refractivity contribution in [2.75, 3.05) is 6.61 Å². The average Bonchev–Trinajstić information content (AvgIpc) is 2.20. The van der Waals surface area contributed by atoms with Crippen LogP contribution in [0.15, 0.2) is 28.7 Å². The average molecular weight is 274 g/mol. The molecule has 1 rings (SSSR count). The van der Waals surface area contributed by atoms with Crippen LogP contribution in [-0.2, 0) is 4.79 Å². The van der Waals surface area contributed by atoms with Crippen molar-refractivity contribution in [3.63, 3.8) is 0 Å². The molecule has 1 aromatic rings. The Morgan fingerprint density at radius 2 is 2.07 bits per heavy atom. The van der Waals surface area contributed by atoms with E-state index in [4.69, 9.17) is 15.6 Å². The number of benzene rings is 1. The summed E-state index contributed by atoms with van der Waals surface area (Å²) in [4.78, 5) is 10.4. The topological polar surface area (TPSA) is 72.5 Å². The molecule has 0 radical (unpaired) electrons. The highest BCUT2D eigenvalue weighted by Crippen LogP contribution is 2.16. The van der Waals surface area contributed by atoms with E-state index in [1.165, 1.54) is 0 Å². The Morgan fingerprint density at radius 3 is 2.60 bits per heavy atom. The normalized spacial score (nSPS) is 12.1. The molecule has 1 aromatic carbocycles. The highest BCUT2D eigenvalue weighted by Gasteiger charge is 2.10. The number of hydrogen-bond acceptors (Lipinski definition) is 3. The second kappa shape index (κ2) is 5.72. The van der Waals surface area contributed by atoms with Crippen LogP contribution in [0.1, 0.15) is 6.42 Å². The van der Waals surface area contributed by atoms with Crippen molar-refractivity contribution in [1.29, 1.82) is 0 Å². The van der Waals surface area contributed by atoms with Crippen molar-refractivity contribution in [3.05, 3.63) is 28.7 Å². The van der Waals surface area contributed by atoms with Crippen molar-refractivity contribution in [3.8, 4) is 5.75 Å². The first kappa shape index (κ1) is 12.0. The Hall–Kier alpha value is -1.07. The Kier molecular flexibility index (Phi) is 4.58. The van der Waals surface area contributed by atoms with E-state index in [0.717, 1.165) is 4.47 Å². The third kappa shape index (κ3) is 4.31. The number of nitrogens with two attached hydrogens (primary N) is 1. The lowest BCUT2D eigenvalue weighted by Gasteiger charge is -2.08. The molecule has 0 aliphatic rings. The Morgan fingerprint density at radius 1 is 1.47 bits per heavy atom. The summed E-state index contributed by atoms with van der Waals surface area (Å²) in [5.74, 6) is -0.301. The number of hydrogen-bond donors (Lipinski definition) is 2. The Balaban J connectivity index is 2.32. The molecule has 5 heteroatoms. The summed E-state index contributed by atoms with van der Waals surface area (Å²) >= 11 is 3.30. The molecule has 3 N–H and O–H groups in total. The van der Waals surface area contributed by atoms with Gasteiger partial charge in [0.05, 0.1) is 6.61 Å². The first-order valence-corrected chi connectivity index (χ1v) is 5.25. The molecule has 4 nitrogen and oxygen atoms in total. The maximum absolute atomic E-state index is 10.4. The lowest BCUT2D eigenvalue weighted by Crippen LogP contribution is -2.31. The van der Waals surface area contributed by atoms with Crippen LogP contribution < -0.4 is 10.5 Å². The molecule has 0 saturated carbocycles. The lowest BCUT2D eigenvalue weighted by atomic mass is 10.2. The summed E-state index contributed by atoms with van der Waals surface area (Å²) in [6.45, 7) is 0.301. The van der Waals surface area contributed by atoms with Gasteiger partial charge >= 0.3 is 5.97 Å².